The number of fused-ring (bicyclic) bond motifs is 1. The number of rotatable bonds is 8. The van der Waals surface area contributed by atoms with E-state index in [4.69, 9.17) is 9.47 Å². The molecule has 0 atom stereocenters. The van der Waals surface area contributed by atoms with Crippen molar-refractivity contribution < 1.29 is 26.3 Å². The Balaban J connectivity index is 1.71. The van der Waals surface area contributed by atoms with E-state index in [9.17, 15) is 16.8 Å². The molecule has 0 fully saturated rings. The first-order valence-corrected chi connectivity index (χ1v) is 13.2. The molecule has 1 aliphatic rings. The zero-order valence-electron chi connectivity index (χ0n) is 18.2. The van der Waals surface area contributed by atoms with Crippen LogP contribution < -0.4 is 18.5 Å². The van der Waals surface area contributed by atoms with Crippen LogP contribution in [-0.2, 0) is 26.5 Å². The Hall–Kier alpha value is -3.24. The lowest BCUT2D eigenvalue weighted by Crippen LogP contribution is -2.30. The van der Waals surface area contributed by atoms with E-state index < -0.39 is 20.0 Å². The van der Waals surface area contributed by atoms with Crippen molar-refractivity contribution in [2.24, 2.45) is 0 Å². The van der Waals surface area contributed by atoms with Crippen LogP contribution in [0.1, 0.15) is 12.5 Å². The van der Waals surface area contributed by atoms with Crippen molar-refractivity contribution in [2.45, 2.75) is 23.1 Å². The van der Waals surface area contributed by atoms with Crippen molar-refractivity contribution in [3.8, 4) is 11.5 Å². The second-order valence-corrected chi connectivity index (χ2v) is 10.9. The third-order valence-electron chi connectivity index (χ3n) is 5.31. The van der Waals surface area contributed by atoms with Crippen molar-refractivity contribution in [1.82, 2.24) is 0 Å². The Labute approximate surface area is 193 Å². The number of nitrogens with one attached hydrogen (secondary N) is 1. The monoisotopic (exact) mass is 488 g/mol. The molecular formula is C23H24N2O6S2. The summed E-state index contributed by atoms with van der Waals surface area (Å²) < 4.78 is 67.4. The van der Waals surface area contributed by atoms with Gasteiger partial charge in [-0.05, 0) is 61.0 Å². The van der Waals surface area contributed by atoms with Crippen LogP contribution >= 0.6 is 0 Å². The zero-order chi connectivity index (χ0) is 23.6. The summed E-state index contributed by atoms with van der Waals surface area (Å²) in [7, 11) is -6.57. The molecule has 8 nitrogen and oxygen atoms in total. The van der Waals surface area contributed by atoms with Gasteiger partial charge < -0.3 is 9.47 Å². The largest absolute Gasteiger partial charge is 0.495 e. The highest BCUT2D eigenvalue weighted by Gasteiger charge is 2.26. The average molecular weight is 489 g/mol. The highest BCUT2D eigenvalue weighted by Crippen LogP contribution is 2.33. The first kappa shape index (κ1) is 22.9. The summed E-state index contributed by atoms with van der Waals surface area (Å²) in [5.74, 6) is 0.866. The molecular weight excluding hydrogens is 464 g/mol. The Morgan fingerprint density at radius 2 is 1.70 bits per heavy atom. The third-order valence-corrected chi connectivity index (χ3v) is 8.57. The summed E-state index contributed by atoms with van der Waals surface area (Å²) in [5, 5.41) is 0. The molecule has 33 heavy (non-hydrogen) atoms. The Morgan fingerprint density at radius 3 is 2.39 bits per heavy atom. The highest BCUT2D eigenvalue weighted by molar-refractivity contribution is 7.93. The van der Waals surface area contributed by atoms with Gasteiger partial charge in [-0.15, -0.1) is 0 Å². The number of benzene rings is 3. The van der Waals surface area contributed by atoms with E-state index >= 15 is 0 Å². The first-order chi connectivity index (χ1) is 15.8. The van der Waals surface area contributed by atoms with Gasteiger partial charge in [0.1, 0.15) is 11.5 Å². The van der Waals surface area contributed by atoms with Crippen molar-refractivity contribution in [2.75, 3.05) is 29.3 Å². The Morgan fingerprint density at radius 1 is 0.970 bits per heavy atom. The minimum atomic E-state index is -4.00. The second-order valence-electron chi connectivity index (χ2n) is 7.34. The fraction of sp³-hybridized carbons (Fsp3) is 0.217. The summed E-state index contributed by atoms with van der Waals surface area (Å²) in [4.78, 5) is -0.00408. The maximum absolute atomic E-state index is 13.4. The average Bonchev–Trinajstić information content (AvgIpc) is 3.28. The van der Waals surface area contributed by atoms with Gasteiger partial charge in [0.05, 0.1) is 34.9 Å². The molecule has 0 spiro atoms. The smallest absolute Gasteiger partial charge is 0.264 e. The predicted molar refractivity (Wildman–Crippen MR) is 126 cm³/mol. The molecule has 0 amide bonds. The predicted octanol–water partition coefficient (Wildman–Crippen LogP) is 3.65. The Kier molecular flexibility index (Phi) is 6.22. The summed E-state index contributed by atoms with van der Waals surface area (Å²) in [6, 6.07) is 17.4. The second kappa shape index (κ2) is 8.95. The molecule has 1 N–H and O–H groups in total. The van der Waals surface area contributed by atoms with E-state index in [2.05, 4.69) is 4.72 Å². The van der Waals surface area contributed by atoms with Crippen LogP contribution in [0.25, 0.3) is 0 Å². The number of hydrogen-bond donors (Lipinski definition) is 1. The number of methoxy groups -OCH3 is 1. The van der Waals surface area contributed by atoms with Crippen LogP contribution in [0.4, 0.5) is 11.4 Å². The summed E-state index contributed by atoms with van der Waals surface area (Å²) >= 11 is 0. The lowest BCUT2D eigenvalue weighted by atomic mass is 10.2. The SMILES string of the molecule is CCN(c1ccccc1)S(=O)(=O)c1ccc(OC)c(NS(=O)(=O)c2ccc3c(c2)CCO3)c1. The van der Waals surface area contributed by atoms with Gasteiger partial charge in [0.15, 0.2) is 0 Å². The first-order valence-electron chi connectivity index (χ1n) is 10.3. The maximum Gasteiger partial charge on any atom is 0.264 e. The molecule has 3 aromatic rings. The molecule has 174 valence electrons. The molecule has 0 bridgehead atoms. The van der Waals surface area contributed by atoms with Crippen LogP contribution in [0.15, 0.2) is 76.5 Å². The number of ether oxygens (including phenoxy) is 2. The van der Waals surface area contributed by atoms with Crippen molar-refractivity contribution in [3.05, 3.63) is 72.3 Å². The molecule has 10 heteroatoms. The number of para-hydroxylation sites is 1. The molecule has 0 saturated carbocycles. The van der Waals surface area contributed by atoms with Crippen LogP contribution in [0.2, 0.25) is 0 Å². The normalized spacial score (nSPS) is 13.2. The van der Waals surface area contributed by atoms with Gasteiger partial charge in [0, 0.05) is 13.0 Å². The van der Waals surface area contributed by atoms with Gasteiger partial charge in [-0.25, -0.2) is 16.8 Å². The van der Waals surface area contributed by atoms with E-state index in [0.717, 1.165) is 5.56 Å². The van der Waals surface area contributed by atoms with Gasteiger partial charge >= 0.3 is 0 Å². The Bertz CT molecular complexity index is 1370. The lowest BCUT2D eigenvalue weighted by molar-refractivity contribution is 0.356. The molecule has 0 radical (unpaired) electrons. The van der Waals surface area contributed by atoms with Gasteiger partial charge in [-0.3, -0.25) is 9.03 Å². The molecule has 0 aromatic heterocycles. The van der Waals surface area contributed by atoms with E-state index in [1.54, 1.807) is 49.4 Å². The number of nitrogens with zero attached hydrogens (tertiary/aromatic N) is 1. The third kappa shape index (κ3) is 4.49. The summed E-state index contributed by atoms with van der Waals surface area (Å²) in [5.41, 5.74) is 1.35. The molecule has 0 unspecified atom stereocenters. The molecule has 3 aromatic carbocycles. The van der Waals surface area contributed by atoms with E-state index in [1.807, 2.05) is 0 Å². The fourth-order valence-corrected chi connectivity index (χ4v) is 6.29. The summed E-state index contributed by atoms with van der Waals surface area (Å²) in [6.07, 6.45) is 0.627. The van der Waals surface area contributed by atoms with E-state index in [0.29, 0.717) is 24.5 Å². The van der Waals surface area contributed by atoms with Crippen molar-refractivity contribution in [3.63, 3.8) is 0 Å². The van der Waals surface area contributed by atoms with Gasteiger partial charge in [-0.1, -0.05) is 18.2 Å². The standard InChI is InChI=1S/C23H24N2O6S2/c1-3-25(18-7-5-4-6-8-18)33(28,29)20-10-12-23(30-2)21(16-20)24-32(26,27)19-9-11-22-17(15-19)13-14-31-22/h4-12,15-16,24H,3,13-14H2,1-2H3. The quantitative estimate of drug-likeness (QED) is 0.519. The molecule has 1 aliphatic heterocycles. The van der Waals surface area contributed by atoms with Crippen LogP contribution in [0.3, 0.4) is 0 Å². The fourth-order valence-electron chi connectivity index (χ4n) is 3.67. The molecule has 0 saturated heterocycles. The van der Waals surface area contributed by atoms with Crippen LogP contribution in [0, 0.1) is 0 Å². The zero-order valence-corrected chi connectivity index (χ0v) is 19.8. The van der Waals surface area contributed by atoms with Gasteiger partial charge in [0.2, 0.25) is 0 Å². The van der Waals surface area contributed by atoms with Crippen molar-refractivity contribution in [1.29, 1.82) is 0 Å². The number of hydrogen-bond acceptors (Lipinski definition) is 6. The topological polar surface area (TPSA) is 102 Å². The minimum absolute atomic E-state index is 0.0273. The van der Waals surface area contributed by atoms with Gasteiger partial charge in [-0.2, -0.15) is 0 Å². The molecule has 1 heterocycles. The molecule has 4 rings (SSSR count). The minimum Gasteiger partial charge on any atom is -0.495 e. The van der Waals surface area contributed by atoms with E-state index in [-0.39, 0.29) is 27.8 Å². The lowest BCUT2D eigenvalue weighted by Gasteiger charge is -2.23. The van der Waals surface area contributed by atoms with Crippen LogP contribution in [-0.4, -0.2) is 37.1 Å². The van der Waals surface area contributed by atoms with Crippen molar-refractivity contribution >= 4 is 31.4 Å². The summed E-state index contributed by atoms with van der Waals surface area (Å²) in [6.45, 7) is 2.45. The van der Waals surface area contributed by atoms with Gasteiger partial charge in [0.25, 0.3) is 20.0 Å². The molecule has 0 aliphatic carbocycles. The number of anilines is 2. The number of sulfonamides is 2. The van der Waals surface area contributed by atoms with Crippen LogP contribution in [0.5, 0.6) is 11.5 Å². The van der Waals surface area contributed by atoms with E-state index in [1.165, 1.54) is 35.7 Å². The maximum atomic E-state index is 13.4. The highest BCUT2D eigenvalue weighted by atomic mass is 32.2.